The van der Waals surface area contributed by atoms with Crippen molar-refractivity contribution in [3.8, 4) is 0 Å². The predicted octanol–water partition coefficient (Wildman–Crippen LogP) is 1.54. The molecule has 0 unspecified atom stereocenters. The number of nitrogens with zero attached hydrogens (tertiary/aromatic N) is 2. The highest BCUT2D eigenvalue weighted by atomic mass is 32.1. The van der Waals surface area contributed by atoms with Crippen LogP contribution in [-0.2, 0) is 24.1 Å². The predicted molar refractivity (Wildman–Crippen MR) is 57.4 cm³/mol. The topological polar surface area (TPSA) is 76.2 Å². The number of hydrogen-bond acceptors (Lipinski definition) is 5. The third kappa shape index (κ3) is 2.90. The van der Waals surface area contributed by atoms with Crippen molar-refractivity contribution < 1.29 is 14.3 Å². The molecule has 1 N–H and O–H groups in total. The highest BCUT2D eigenvalue weighted by molar-refractivity contribution is 7.09. The summed E-state index contributed by atoms with van der Waals surface area (Å²) in [6.45, 7) is 0. The van der Waals surface area contributed by atoms with Gasteiger partial charge in [-0.05, 0) is 17.9 Å². The Morgan fingerprint density at radius 2 is 2.19 bits per heavy atom. The molecule has 0 bridgehead atoms. The Bertz CT molecular complexity index is 464. The molecule has 0 spiro atoms. The van der Waals surface area contributed by atoms with Crippen LogP contribution in [0.1, 0.15) is 16.7 Å². The number of thiophene rings is 1. The van der Waals surface area contributed by atoms with Gasteiger partial charge in [-0.1, -0.05) is 6.07 Å². The molecule has 2 rings (SSSR count). The highest BCUT2D eigenvalue weighted by Gasteiger charge is 2.09. The summed E-state index contributed by atoms with van der Waals surface area (Å²) in [7, 11) is 0. The van der Waals surface area contributed by atoms with Crippen LogP contribution in [0.15, 0.2) is 21.9 Å². The molecule has 0 aliphatic rings. The Morgan fingerprint density at radius 3 is 2.88 bits per heavy atom. The van der Waals surface area contributed by atoms with Gasteiger partial charge in [-0.3, -0.25) is 4.79 Å². The number of aryl methyl sites for hydroxylation is 2. The number of hydrogen-bond donors (Lipinski definition) is 1. The smallest absolute Gasteiger partial charge is 0.312 e. The van der Waals surface area contributed by atoms with Crippen LogP contribution in [0.4, 0.5) is 0 Å². The standard InChI is InChI=1S/C10H10N2O3S/c13-10(14)6-9-12-11-8(15-9)4-3-7-2-1-5-16-7/h1-2,5H,3-4,6H2,(H,13,14). The summed E-state index contributed by atoms with van der Waals surface area (Å²) in [4.78, 5) is 11.6. The normalized spacial score (nSPS) is 10.5. The van der Waals surface area contributed by atoms with Gasteiger partial charge in [0.2, 0.25) is 11.8 Å². The Balaban J connectivity index is 1.90. The van der Waals surface area contributed by atoms with Crippen molar-refractivity contribution in [2.24, 2.45) is 0 Å². The van der Waals surface area contributed by atoms with Gasteiger partial charge in [0.05, 0.1) is 0 Å². The van der Waals surface area contributed by atoms with E-state index in [9.17, 15) is 4.79 Å². The van der Waals surface area contributed by atoms with Crippen LogP contribution in [0, 0.1) is 0 Å². The van der Waals surface area contributed by atoms with Crippen molar-refractivity contribution in [3.05, 3.63) is 34.2 Å². The number of carboxylic acids is 1. The number of aromatic nitrogens is 2. The van der Waals surface area contributed by atoms with Gasteiger partial charge in [0, 0.05) is 11.3 Å². The van der Waals surface area contributed by atoms with Crippen LogP contribution in [0.5, 0.6) is 0 Å². The Kier molecular flexibility index (Phi) is 3.31. The van der Waals surface area contributed by atoms with Crippen molar-refractivity contribution in [3.63, 3.8) is 0 Å². The molecule has 0 aliphatic heterocycles. The molecule has 6 heteroatoms. The van der Waals surface area contributed by atoms with Gasteiger partial charge >= 0.3 is 5.97 Å². The summed E-state index contributed by atoms with van der Waals surface area (Å²) in [6.07, 6.45) is 1.27. The molecule has 0 saturated heterocycles. The van der Waals surface area contributed by atoms with Gasteiger partial charge in [-0.2, -0.15) is 0 Å². The minimum Gasteiger partial charge on any atom is -0.481 e. The van der Waals surface area contributed by atoms with E-state index in [1.54, 1.807) is 11.3 Å². The average Bonchev–Trinajstić information content (AvgIpc) is 2.84. The van der Waals surface area contributed by atoms with Gasteiger partial charge < -0.3 is 9.52 Å². The fraction of sp³-hybridized carbons (Fsp3) is 0.300. The lowest BCUT2D eigenvalue weighted by molar-refractivity contribution is -0.136. The third-order valence-corrected chi connectivity index (χ3v) is 2.91. The lowest BCUT2D eigenvalue weighted by Crippen LogP contribution is -1.99. The Hall–Kier alpha value is -1.69. The van der Waals surface area contributed by atoms with E-state index < -0.39 is 5.97 Å². The van der Waals surface area contributed by atoms with Gasteiger partial charge in [0.15, 0.2) is 0 Å². The van der Waals surface area contributed by atoms with Crippen molar-refractivity contribution in [2.45, 2.75) is 19.3 Å². The molecule has 2 aromatic heterocycles. The molecule has 0 aromatic carbocycles. The summed E-state index contributed by atoms with van der Waals surface area (Å²) in [6, 6.07) is 4.03. The molecule has 0 aliphatic carbocycles. The number of carbonyl (C=O) groups is 1. The minimum absolute atomic E-state index is 0.161. The molecular formula is C10H10N2O3S. The number of carboxylic acid groups (broad SMARTS) is 1. The summed E-state index contributed by atoms with van der Waals surface area (Å²) >= 11 is 1.68. The first-order chi connectivity index (χ1) is 7.74. The van der Waals surface area contributed by atoms with Gasteiger partial charge in [0.1, 0.15) is 6.42 Å². The van der Waals surface area contributed by atoms with Crippen LogP contribution in [0.25, 0.3) is 0 Å². The maximum atomic E-state index is 10.4. The van der Waals surface area contributed by atoms with Crippen molar-refractivity contribution in [1.29, 1.82) is 0 Å². The SMILES string of the molecule is O=C(O)Cc1nnc(CCc2cccs2)o1. The van der Waals surface area contributed by atoms with E-state index in [2.05, 4.69) is 10.2 Å². The van der Waals surface area contributed by atoms with Gasteiger partial charge in [-0.25, -0.2) is 0 Å². The summed E-state index contributed by atoms with van der Waals surface area (Å²) in [5.41, 5.74) is 0. The van der Waals surface area contributed by atoms with Crippen LogP contribution in [-0.4, -0.2) is 21.3 Å². The van der Waals surface area contributed by atoms with Gasteiger partial charge in [0.25, 0.3) is 0 Å². The molecule has 0 atom stereocenters. The van der Waals surface area contributed by atoms with E-state index in [0.717, 1.165) is 6.42 Å². The molecule has 0 amide bonds. The van der Waals surface area contributed by atoms with E-state index >= 15 is 0 Å². The quantitative estimate of drug-likeness (QED) is 0.855. The van der Waals surface area contributed by atoms with E-state index in [4.69, 9.17) is 9.52 Å². The molecule has 16 heavy (non-hydrogen) atoms. The first-order valence-electron chi connectivity index (χ1n) is 4.79. The van der Waals surface area contributed by atoms with E-state index in [1.165, 1.54) is 4.88 Å². The molecule has 0 fully saturated rings. The van der Waals surface area contributed by atoms with Crippen LogP contribution in [0.2, 0.25) is 0 Å². The minimum atomic E-state index is -0.964. The first-order valence-corrected chi connectivity index (χ1v) is 5.67. The monoisotopic (exact) mass is 238 g/mol. The molecule has 84 valence electrons. The Labute approximate surface area is 95.7 Å². The van der Waals surface area contributed by atoms with Crippen LogP contribution >= 0.6 is 11.3 Å². The second kappa shape index (κ2) is 4.89. The second-order valence-electron chi connectivity index (χ2n) is 3.24. The molecule has 2 heterocycles. The molecular weight excluding hydrogens is 228 g/mol. The Morgan fingerprint density at radius 1 is 1.38 bits per heavy atom. The zero-order valence-corrected chi connectivity index (χ0v) is 9.24. The van der Waals surface area contributed by atoms with Crippen molar-refractivity contribution >= 4 is 17.3 Å². The van der Waals surface area contributed by atoms with Crippen LogP contribution in [0.3, 0.4) is 0 Å². The largest absolute Gasteiger partial charge is 0.481 e. The van der Waals surface area contributed by atoms with Crippen molar-refractivity contribution in [2.75, 3.05) is 0 Å². The zero-order valence-electron chi connectivity index (χ0n) is 8.42. The molecule has 2 aromatic rings. The fourth-order valence-corrected chi connectivity index (χ4v) is 1.98. The second-order valence-corrected chi connectivity index (χ2v) is 4.27. The summed E-state index contributed by atoms with van der Waals surface area (Å²) < 4.78 is 5.19. The van der Waals surface area contributed by atoms with E-state index in [-0.39, 0.29) is 12.3 Å². The maximum absolute atomic E-state index is 10.4. The fourth-order valence-electron chi connectivity index (χ4n) is 1.28. The lowest BCUT2D eigenvalue weighted by Gasteiger charge is -1.92. The highest BCUT2D eigenvalue weighted by Crippen LogP contribution is 2.12. The molecule has 0 saturated carbocycles. The summed E-state index contributed by atoms with van der Waals surface area (Å²) in [5.74, 6) is -0.313. The lowest BCUT2D eigenvalue weighted by atomic mass is 10.3. The average molecular weight is 238 g/mol. The van der Waals surface area contributed by atoms with Gasteiger partial charge in [-0.15, -0.1) is 21.5 Å². The van der Waals surface area contributed by atoms with Crippen LogP contribution < -0.4 is 0 Å². The van der Waals surface area contributed by atoms with Crippen molar-refractivity contribution in [1.82, 2.24) is 10.2 Å². The number of aliphatic carboxylic acids is 1. The first kappa shape index (κ1) is 10.8. The third-order valence-electron chi connectivity index (χ3n) is 1.98. The van der Waals surface area contributed by atoms with E-state index in [0.29, 0.717) is 12.3 Å². The van der Waals surface area contributed by atoms with E-state index in [1.807, 2.05) is 17.5 Å². The zero-order chi connectivity index (χ0) is 11.4. The molecule has 5 nitrogen and oxygen atoms in total. The number of rotatable bonds is 5. The summed E-state index contributed by atoms with van der Waals surface area (Å²) in [5, 5.41) is 18.0. The maximum Gasteiger partial charge on any atom is 0.312 e. The molecule has 0 radical (unpaired) electrons.